The monoisotopic (exact) mass is 287 g/mol. The van der Waals surface area contributed by atoms with Crippen LogP contribution in [0.25, 0.3) is 11.0 Å². The summed E-state index contributed by atoms with van der Waals surface area (Å²) < 4.78 is 1.57. The molecule has 0 aliphatic heterocycles. The summed E-state index contributed by atoms with van der Waals surface area (Å²) in [6, 6.07) is 7.54. The molecule has 1 heterocycles. The van der Waals surface area contributed by atoms with Crippen LogP contribution < -0.4 is 5.43 Å². The number of benzene rings is 1. The van der Waals surface area contributed by atoms with Crippen molar-refractivity contribution in [2.24, 2.45) is 11.0 Å². The lowest BCUT2D eigenvalue weighted by atomic mass is 10.1. The first kappa shape index (κ1) is 15.2. The van der Waals surface area contributed by atoms with Gasteiger partial charge in [0.05, 0.1) is 5.52 Å². The first-order valence-corrected chi connectivity index (χ1v) is 7.16. The van der Waals surface area contributed by atoms with Crippen LogP contribution in [0.15, 0.2) is 29.4 Å². The van der Waals surface area contributed by atoms with Gasteiger partial charge in [0.25, 0.3) is 5.91 Å². The molecule has 6 nitrogen and oxygen atoms in total. The summed E-state index contributed by atoms with van der Waals surface area (Å²) >= 11 is 0. The van der Waals surface area contributed by atoms with Crippen LogP contribution in [-0.4, -0.2) is 26.6 Å². The third-order valence-electron chi connectivity index (χ3n) is 3.17. The Labute approximate surface area is 124 Å². The second-order valence-electron chi connectivity index (χ2n) is 5.55. The highest BCUT2D eigenvalue weighted by atomic mass is 16.2. The Kier molecular flexibility index (Phi) is 5.03. The predicted molar refractivity (Wildman–Crippen MR) is 82.9 cm³/mol. The van der Waals surface area contributed by atoms with Gasteiger partial charge < -0.3 is 0 Å². The summed E-state index contributed by atoms with van der Waals surface area (Å²) in [5.74, 6) is 0.432. The van der Waals surface area contributed by atoms with Crippen molar-refractivity contribution in [3.63, 3.8) is 0 Å². The average Bonchev–Trinajstić information content (AvgIpc) is 2.86. The van der Waals surface area contributed by atoms with Crippen molar-refractivity contribution in [2.75, 3.05) is 0 Å². The second kappa shape index (κ2) is 6.97. The minimum atomic E-state index is -0.199. The highest BCUT2D eigenvalue weighted by Gasteiger charge is 2.07. The Morgan fingerprint density at radius 3 is 2.90 bits per heavy atom. The van der Waals surface area contributed by atoms with E-state index < -0.39 is 0 Å². The van der Waals surface area contributed by atoms with Crippen LogP contribution in [0.2, 0.25) is 0 Å². The van der Waals surface area contributed by atoms with E-state index in [2.05, 4.69) is 34.7 Å². The summed E-state index contributed by atoms with van der Waals surface area (Å²) in [4.78, 5) is 11.9. The maximum absolute atomic E-state index is 11.9. The number of hydrogen-bond acceptors (Lipinski definition) is 4. The van der Waals surface area contributed by atoms with Crippen molar-refractivity contribution in [2.45, 2.75) is 40.2 Å². The summed E-state index contributed by atoms with van der Waals surface area (Å²) in [6.45, 7) is 6.37. The third kappa shape index (κ3) is 4.37. The van der Waals surface area contributed by atoms with Gasteiger partial charge >= 0.3 is 0 Å². The number of carbonyl (C=O) groups is 1. The highest BCUT2D eigenvalue weighted by Crippen LogP contribution is 2.09. The fraction of sp³-hybridized carbons (Fsp3) is 0.467. The van der Waals surface area contributed by atoms with Gasteiger partial charge in [-0.05, 0) is 37.8 Å². The van der Waals surface area contributed by atoms with E-state index in [0.717, 1.165) is 29.6 Å². The largest absolute Gasteiger partial charge is 0.271 e. The Balaban J connectivity index is 1.91. The van der Waals surface area contributed by atoms with Gasteiger partial charge in [0.2, 0.25) is 0 Å². The number of nitrogens with zero attached hydrogens (tertiary/aromatic N) is 4. The normalized spacial score (nSPS) is 12.1. The number of fused-ring (bicyclic) bond motifs is 1. The summed E-state index contributed by atoms with van der Waals surface area (Å²) in [5, 5.41) is 12.1. The topological polar surface area (TPSA) is 72.2 Å². The highest BCUT2D eigenvalue weighted by molar-refractivity contribution is 5.84. The molecule has 1 aromatic carbocycles. The van der Waals surface area contributed by atoms with E-state index >= 15 is 0 Å². The van der Waals surface area contributed by atoms with Crippen molar-refractivity contribution in [3.05, 3.63) is 24.3 Å². The van der Waals surface area contributed by atoms with Gasteiger partial charge in [-0.2, -0.15) is 5.10 Å². The molecule has 1 N–H and O–H groups in total. The van der Waals surface area contributed by atoms with Gasteiger partial charge in [0.15, 0.2) is 0 Å². The molecule has 21 heavy (non-hydrogen) atoms. The van der Waals surface area contributed by atoms with Gasteiger partial charge in [0.1, 0.15) is 12.1 Å². The molecule has 0 spiro atoms. The van der Waals surface area contributed by atoms with E-state index in [1.807, 2.05) is 31.2 Å². The zero-order valence-electron chi connectivity index (χ0n) is 12.7. The number of nitrogens with one attached hydrogen (secondary N) is 1. The zero-order chi connectivity index (χ0) is 15.2. The van der Waals surface area contributed by atoms with Gasteiger partial charge in [-0.1, -0.05) is 31.2 Å². The van der Waals surface area contributed by atoms with Crippen molar-refractivity contribution in [3.8, 4) is 0 Å². The Bertz CT molecular complexity index is 644. The van der Waals surface area contributed by atoms with Crippen LogP contribution in [0, 0.1) is 5.92 Å². The van der Waals surface area contributed by atoms with Crippen molar-refractivity contribution in [1.29, 1.82) is 0 Å². The summed E-state index contributed by atoms with van der Waals surface area (Å²) in [6.07, 6.45) is 1.96. The molecule has 2 rings (SSSR count). The molecular weight excluding hydrogens is 266 g/mol. The number of para-hydroxylation sites is 1. The number of aromatic nitrogens is 3. The first-order valence-electron chi connectivity index (χ1n) is 7.16. The molecule has 2 aromatic rings. The first-order chi connectivity index (χ1) is 10.1. The van der Waals surface area contributed by atoms with Crippen LogP contribution in [0.3, 0.4) is 0 Å². The molecule has 1 aromatic heterocycles. The van der Waals surface area contributed by atoms with E-state index in [-0.39, 0.29) is 12.5 Å². The number of hydrogen-bond donors (Lipinski definition) is 1. The molecule has 0 atom stereocenters. The van der Waals surface area contributed by atoms with E-state index in [1.165, 1.54) is 0 Å². The fourth-order valence-electron chi connectivity index (χ4n) is 1.92. The molecule has 0 unspecified atom stereocenters. The lowest BCUT2D eigenvalue weighted by Crippen LogP contribution is -2.24. The van der Waals surface area contributed by atoms with Crippen molar-refractivity contribution in [1.82, 2.24) is 20.4 Å². The maximum atomic E-state index is 11.9. The minimum absolute atomic E-state index is 0.113. The zero-order valence-corrected chi connectivity index (χ0v) is 12.7. The molecule has 112 valence electrons. The van der Waals surface area contributed by atoms with E-state index in [0.29, 0.717) is 5.92 Å². The van der Waals surface area contributed by atoms with Gasteiger partial charge in [0, 0.05) is 5.71 Å². The van der Waals surface area contributed by atoms with Crippen LogP contribution in [0.5, 0.6) is 0 Å². The van der Waals surface area contributed by atoms with Crippen LogP contribution in [0.1, 0.15) is 33.6 Å². The standard InChI is InChI=1S/C15H21N5O/c1-11(2)8-9-12(3)16-18-15(21)10-20-14-7-5-4-6-13(14)17-19-20/h4-7,11H,8-10H2,1-3H3,(H,18,21)/b16-12-. The van der Waals surface area contributed by atoms with Crippen molar-refractivity contribution >= 4 is 22.7 Å². The lowest BCUT2D eigenvalue weighted by Gasteiger charge is -2.05. The van der Waals surface area contributed by atoms with Crippen molar-refractivity contribution < 1.29 is 4.79 Å². The number of carbonyl (C=O) groups excluding carboxylic acids is 1. The Morgan fingerprint density at radius 1 is 1.38 bits per heavy atom. The van der Waals surface area contributed by atoms with E-state index in [9.17, 15) is 4.79 Å². The van der Waals surface area contributed by atoms with Gasteiger partial charge in [-0.25, -0.2) is 10.1 Å². The smallest absolute Gasteiger partial charge is 0.261 e. The minimum Gasteiger partial charge on any atom is -0.271 e. The molecule has 0 saturated heterocycles. The average molecular weight is 287 g/mol. The Morgan fingerprint density at radius 2 is 2.14 bits per heavy atom. The van der Waals surface area contributed by atoms with Gasteiger partial charge in [-0.15, -0.1) is 5.10 Å². The molecule has 1 amide bonds. The number of amides is 1. The second-order valence-corrected chi connectivity index (χ2v) is 5.55. The third-order valence-corrected chi connectivity index (χ3v) is 3.17. The van der Waals surface area contributed by atoms with Gasteiger partial charge in [-0.3, -0.25) is 4.79 Å². The fourth-order valence-corrected chi connectivity index (χ4v) is 1.92. The summed E-state index contributed by atoms with van der Waals surface area (Å²) in [5.41, 5.74) is 5.12. The number of rotatable bonds is 6. The van der Waals surface area contributed by atoms with Crippen LogP contribution in [0.4, 0.5) is 0 Å². The van der Waals surface area contributed by atoms with E-state index in [4.69, 9.17) is 0 Å². The molecule has 6 heteroatoms. The Hall–Kier alpha value is -2.24. The molecule has 0 radical (unpaired) electrons. The molecule has 0 saturated carbocycles. The van der Waals surface area contributed by atoms with E-state index in [1.54, 1.807) is 4.68 Å². The quantitative estimate of drug-likeness (QED) is 0.655. The molecular formula is C15H21N5O. The summed E-state index contributed by atoms with van der Waals surface area (Å²) in [7, 11) is 0. The maximum Gasteiger partial charge on any atom is 0.261 e. The molecule has 0 aliphatic carbocycles. The SMILES string of the molecule is C/C(CCC(C)C)=N/NC(=O)Cn1nnc2ccccc21. The predicted octanol–water partition coefficient (Wildman–Crippen LogP) is 2.36. The lowest BCUT2D eigenvalue weighted by molar-refractivity contribution is -0.121. The molecule has 0 bridgehead atoms. The molecule has 0 aliphatic rings. The molecule has 0 fully saturated rings. The van der Waals surface area contributed by atoms with Crippen LogP contribution >= 0.6 is 0 Å². The number of hydrazone groups is 1. The van der Waals surface area contributed by atoms with Crippen LogP contribution in [-0.2, 0) is 11.3 Å².